The predicted octanol–water partition coefficient (Wildman–Crippen LogP) is -0.832. The molecule has 0 unspecified atom stereocenters. The molecule has 0 radical (unpaired) electrons. The molecule has 2 heteroatoms. The first-order valence-corrected chi connectivity index (χ1v) is 3.27. The van der Waals surface area contributed by atoms with Gasteiger partial charge in [0.2, 0.25) is 0 Å². The Kier molecular flexibility index (Phi) is 11.1. The third kappa shape index (κ3) is 4.84. The van der Waals surface area contributed by atoms with Crippen LogP contribution in [0.1, 0.15) is 39.0 Å². The summed E-state index contributed by atoms with van der Waals surface area (Å²) in [5.74, 6) is 1.79. The molecular formula is C7H13IMg. The summed E-state index contributed by atoms with van der Waals surface area (Å²) in [5, 5.41) is 0. The van der Waals surface area contributed by atoms with Crippen molar-refractivity contribution in [3.8, 4) is 0 Å². The summed E-state index contributed by atoms with van der Waals surface area (Å²) in [5.41, 5.74) is 0. The van der Waals surface area contributed by atoms with Gasteiger partial charge in [0.15, 0.2) is 0 Å². The molecule has 0 heterocycles. The van der Waals surface area contributed by atoms with E-state index in [2.05, 4.69) is 6.92 Å². The molecule has 0 amide bonds. The van der Waals surface area contributed by atoms with Gasteiger partial charge in [0.1, 0.15) is 0 Å². The van der Waals surface area contributed by atoms with Gasteiger partial charge in [0.25, 0.3) is 0 Å². The van der Waals surface area contributed by atoms with Crippen LogP contribution in [0.5, 0.6) is 0 Å². The second-order valence-electron chi connectivity index (χ2n) is 2.31. The minimum absolute atomic E-state index is 0. The summed E-state index contributed by atoms with van der Waals surface area (Å²) < 4.78 is 0. The number of hydrogen-bond donors (Lipinski definition) is 0. The zero-order chi connectivity index (χ0) is 5.11. The summed E-state index contributed by atoms with van der Waals surface area (Å²) in [7, 11) is 0. The first-order valence-electron chi connectivity index (χ1n) is 3.27. The Hall–Kier alpha value is 1.50. The summed E-state index contributed by atoms with van der Waals surface area (Å²) in [4.78, 5) is 0. The van der Waals surface area contributed by atoms with Crippen molar-refractivity contribution < 1.29 is 24.0 Å². The van der Waals surface area contributed by atoms with E-state index < -0.39 is 0 Å². The fourth-order valence-electron chi connectivity index (χ4n) is 1.23. The van der Waals surface area contributed by atoms with Gasteiger partial charge in [0.05, 0.1) is 0 Å². The van der Waals surface area contributed by atoms with Gasteiger partial charge >= 0.3 is 23.1 Å². The normalized spacial score (nSPS) is 18.3. The van der Waals surface area contributed by atoms with E-state index in [1.54, 1.807) is 5.92 Å². The molecule has 0 nitrogen and oxygen atoms in total. The van der Waals surface area contributed by atoms with Crippen molar-refractivity contribution in [1.82, 2.24) is 0 Å². The first kappa shape index (κ1) is 13.1. The number of rotatable bonds is 1. The molecule has 0 bridgehead atoms. The molecule has 0 atom stereocenters. The minimum atomic E-state index is 0. The first-order chi connectivity index (χ1) is 3.43. The topological polar surface area (TPSA) is 0 Å². The van der Waals surface area contributed by atoms with E-state index in [0.29, 0.717) is 0 Å². The maximum Gasteiger partial charge on any atom is 2.00 e. The van der Waals surface area contributed by atoms with E-state index in [1.807, 2.05) is 0 Å². The van der Waals surface area contributed by atoms with Crippen molar-refractivity contribution in [2.24, 2.45) is 0 Å². The van der Waals surface area contributed by atoms with E-state index in [-0.39, 0.29) is 47.0 Å². The fourth-order valence-corrected chi connectivity index (χ4v) is 1.23. The van der Waals surface area contributed by atoms with Crippen LogP contribution in [0.4, 0.5) is 0 Å². The zero-order valence-corrected chi connectivity index (χ0v) is 9.69. The predicted molar refractivity (Wildman–Crippen MR) is 37.8 cm³/mol. The van der Waals surface area contributed by atoms with Gasteiger partial charge < -0.3 is 29.9 Å². The van der Waals surface area contributed by atoms with Crippen LogP contribution in [-0.2, 0) is 0 Å². The third-order valence-electron chi connectivity index (χ3n) is 1.81. The second-order valence-corrected chi connectivity index (χ2v) is 2.31. The molecule has 0 aliphatic heterocycles. The molecule has 0 aromatic heterocycles. The summed E-state index contributed by atoms with van der Waals surface area (Å²) in [6, 6.07) is 0. The van der Waals surface area contributed by atoms with E-state index in [1.165, 1.54) is 32.1 Å². The molecule has 1 aliphatic rings. The van der Waals surface area contributed by atoms with Crippen LogP contribution in [0.25, 0.3) is 0 Å². The average molecular weight is 248 g/mol. The Morgan fingerprint density at radius 3 is 1.89 bits per heavy atom. The van der Waals surface area contributed by atoms with Gasteiger partial charge in [0, 0.05) is 0 Å². The Morgan fingerprint density at radius 1 is 1.22 bits per heavy atom. The van der Waals surface area contributed by atoms with Crippen molar-refractivity contribution in [3.05, 3.63) is 5.92 Å². The Balaban J connectivity index is 0. The van der Waals surface area contributed by atoms with E-state index in [9.17, 15) is 0 Å². The van der Waals surface area contributed by atoms with Gasteiger partial charge in [-0.2, -0.15) is 19.3 Å². The SMILES string of the molecule is CC[C-]1CCCC1.[I-].[Mg+2]. The van der Waals surface area contributed by atoms with Crippen LogP contribution in [0.2, 0.25) is 0 Å². The molecule has 0 saturated heterocycles. The Labute approximate surface area is 91.3 Å². The monoisotopic (exact) mass is 248 g/mol. The Bertz CT molecular complexity index is 50.9. The van der Waals surface area contributed by atoms with Crippen LogP contribution in [-0.4, -0.2) is 23.1 Å². The molecule has 1 saturated carbocycles. The Morgan fingerprint density at radius 2 is 1.67 bits per heavy atom. The molecule has 1 rings (SSSR count). The zero-order valence-electron chi connectivity index (χ0n) is 6.12. The molecule has 1 fully saturated rings. The molecule has 50 valence electrons. The van der Waals surface area contributed by atoms with Crippen molar-refractivity contribution in [3.63, 3.8) is 0 Å². The molecule has 0 N–H and O–H groups in total. The molecule has 0 aromatic carbocycles. The van der Waals surface area contributed by atoms with Crippen LogP contribution in [0.3, 0.4) is 0 Å². The standard InChI is InChI=1S/C7H13.HI.Mg/c1-2-7-5-3-4-6-7;;/h2-6H2,1H3;1H;/q-1;;+2/p-1. The quantitative estimate of drug-likeness (QED) is 0.323. The van der Waals surface area contributed by atoms with E-state index in [4.69, 9.17) is 0 Å². The third-order valence-corrected chi connectivity index (χ3v) is 1.81. The average Bonchev–Trinajstić information content (AvgIpc) is 2.14. The fraction of sp³-hybridized carbons (Fsp3) is 0.857. The summed E-state index contributed by atoms with van der Waals surface area (Å²) in [6.07, 6.45) is 7.11. The van der Waals surface area contributed by atoms with Gasteiger partial charge in [-0.15, -0.1) is 0 Å². The molecule has 9 heavy (non-hydrogen) atoms. The molecule has 1 aliphatic carbocycles. The van der Waals surface area contributed by atoms with Crippen LogP contribution >= 0.6 is 0 Å². The molecular weight excluding hydrogens is 235 g/mol. The summed E-state index contributed by atoms with van der Waals surface area (Å²) >= 11 is 0. The van der Waals surface area contributed by atoms with Gasteiger partial charge in [-0.1, -0.05) is 19.8 Å². The van der Waals surface area contributed by atoms with Crippen molar-refractivity contribution in [1.29, 1.82) is 0 Å². The van der Waals surface area contributed by atoms with Crippen molar-refractivity contribution in [2.75, 3.05) is 0 Å². The van der Waals surface area contributed by atoms with Crippen LogP contribution < -0.4 is 24.0 Å². The van der Waals surface area contributed by atoms with Gasteiger partial charge in [-0.25, -0.2) is 0 Å². The number of halogens is 1. The maximum absolute atomic E-state index is 2.26. The van der Waals surface area contributed by atoms with Gasteiger partial charge in [-0.3, -0.25) is 0 Å². The smallest absolute Gasteiger partial charge is 1.00 e. The van der Waals surface area contributed by atoms with Crippen LogP contribution in [0, 0.1) is 5.92 Å². The van der Waals surface area contributed by atoms with Crippen molar-refractivity contribution in [2.45, 2.75) is 39.0 Å². The van der Waals surface area contributed by atoms with Gasteiger partial charge in [-0.05, 0) is 0 Å². The molecule has 0 spiro atoms. The summed E-state index contributed by atoms with van der Waals surface area (Å²) in [6.45, 7) is 2.26. The largest absolute Gasteiger partial charge is 2.00 e. The molecule has 0 aromatic rings. The van der Waals surface area contributed by atoms with Crippen molar-refractivity contribution >= 4 is 23.1 Å². The van der Waals surface area contributed by atoms with E-state index >= 15 is 0 Å². The van der Waals surface area contributed by atoms with Crippen LogP contribution in [0.15, 0.2) is 0 Å². The number of hydrogen-bond acceptors (Lipinski definition) is 0. The van der Waals surface area contributed by atoms with E-state index in [0.717, 1.165) is 0 Å². The minimum Gasteiger partial charge on any atom is -1.00 e. The second kappa shape index (κ2) is 7.60. The maximum atomic E-state index is 2.26.